The van der Waals surface area contributed by atoms with Crippen molar-refractivity contribution >= 4 is 10.9 Å². The Balaban J connectivity index is 1.60. The van der Waals surface area contributed by atoms with Crippen molar-refractivity contribution < 1.29 is 0 Å². The number of aryl methyl sites for hydroxylation is 2. The molecule has 1 heteroatoms. The summed E-state index contributed by atoms with van der Waals surface area (Å²) in [5.74, 6) is 1.76. The first-order chi connectivity index (χ1) is 11.4. The minimum atomic E-state index is 0.812. The van der Waals surface area contributed by atoms with Crippen LogP contribution in [-0.4, -0.2) is 4.57 Å². The second kappa shape index (κ2) is 5.26. The van der Waals surface area contributed by atoms with E-state index in [1.54, 1.807) is 11.3 Å². The van der Waals surface area contributed by atoms with E-state index in [0.29, 0.717) is 0 Å². The number of hydrogen-bond acceptors (Lipinski definition) is 0. The summed E-state index contributed by atoms with van der Waals surface area (Å²) in [6.07, 6.45) is 6.70. The molecule has 0 N–H and O–H groups in total. The Bertz CT molecular complexity index is 843. The lowest BCUT2D eigenvalue weighted by Crippen LogP contribution is -2.14. The van der Waals surface area contributed by atoms with Gasteiger partial charge in [-0.05, 0) is 61.1 Å². The van der Waals surface area contributed by atoms with Gasteiger partial charge in [0.2, 0.25) is 0 Å². The Kier molecular flexibility index (Phi) is 3.07. The fraction of sp³-hybridized carbons (Fsp3) is 0.364. The summed E-state index contributed by atoms with van der Waals surface area (Å²) < 4.78 is 2.66. The minimum Gasteiger partial charge on any atom is -0.344 e. The lowest BCUT2D eigenvalue weighted by molar-refractivity contribution is 0.493. The van der Waals surface area contributed by atoms with Crippen molar-refractivity contribution in [3.8, 4) is 0 Å². The van der Waals surface area contributed by atoms with Crippen molar-refractivity contribution in [2.24, 2.45) is 5.92 Å². The summed E-state index contributed by atoms with van der Waals surface area (Å²) in [4.78, 5) is 0. The summed E-state index contributed by atoms with van der Waals surface area (Å²) in [6.45, 7) is 1.11. The van der Waals surface area contributed by atoms with Gasteiger partial charge in [0.05, 0.1) is 0 Å². The van der Waals surface area contributed by atoms with E-state index >= 15 is 0 Å². The third-order valence-corrected chi connectivity index (χ3v) is 6.01. The zero-order chi connectivity index (χ0) is 15.2. The molecule has 116 valence electrons. The fourth-order valence-electron chi connectivity index (χ4n) is 5.00. The summed E-state index contributed by atoms with van der Waals surface area (Å²) in [6, 6.07) is 20.0. The van der Waals surface area contributed by atoms with E-state index in [-0.39, 0.29) is 0 Å². The molecule has 0 radical (unpaired) electrons. The maximum Gasteiger partial charge on any atom is 0.0485 e. The monoisotopic (exact) mass is 301 g/mol. The van der Waals surface area contributed by atoms with Crippen LogP contribution in [0.5, 0.6) is 0 Å². The fourth-order valence-corrected chi connectivity index (χ4v) is 5.00. The number of aromatic nitrogens is 1. The lowest BCUT2D eigenvalue weighted by Gasteiger charge is -2.23. The zero-order valence-corrected chi connectivity index (χ0v) is 13.5. The molecular formula is C22H23N. The van der Waals surface area contributed by atoms with Crippen molar-refractivity contribution in [1.29, 1.82) is 0 Å². The number of fused-ring (bicyclic) bond motifs is 6. The molecule has 1 fully saturated rings. The van der Waals surface area contributed by atoms with E-state index in [1.807, 2.05) is 0 Å². The molecule has 2 aliphatic carbocycles. The van der Waals surface area contributed by atoms with Gasteiger partial charge >= 0.3 is 0 Å². The van der Waals surface area contributed by atoms with Gasteiger partial charge in [0.15, 0.2) is 0 Å². The molecule has 5 rings (SSSR count). The molecule has 23 heavy (non-hydrogen) atoms. The van der Waals surface area contributed by atoms with Crippen molar-refractivity contribution in [3.63, 3.8) is 0 Å². The van der Waals surface area contributed by atoms with E-state index in [9.17, 15) is 0 Å². The zero-order valence-electron chi connectivity index (χ0n) is 13.5. The molecule has 2 aliphatic rings. The molecule has 2 aromatic carbocycles. The Hall–Kier alpha value is -2.02. The van der Waals surface area contributed by atoms with Gasteiger partial charge in [-0.3, -0.25) is 0 Å². The van der Waals surface area contributed by atoms with Crippen LogP contribution >= 0.6 is 0 Å². The molecule has 2 unspecified atom stereocenters. The van der Waals surface area contributed by atoms with E-state index in [1.165, 1.54) is 42.1 Å². The number of para-hydroxylation sites is 1. The van der Waals surface area contributed by atoms with Gasteiger partial charge in [0.25, 0.3) is 0 Å². The molecule has 1 aromatic heterocycles. The number of nitrogens with zero attached hydrogens (tertiary/aromatic N) is 1. The molecular weight excluding hydrogens is 278 g/mol. The molecule has 0 spiro atoms. The normalized spacial score (nSPS) is 22.4. The number of hydrogen-bond donors (Lipinski definition) is 0. The number of benzene rings is 2. The maximum absolute atomic E-state index is 2.66. The topological polar surface area (TPSA) is 4.93 Å². The average Bonchev–Trinajstić information content (AvgIpc) is 3.14. The Morgan fingerprint density at radius 1 is 0.913 bits per heavy atom. The molecule has 0 amide bonds. The Morgan fingerprint density at radius 3 is 2.65 bits per heavy atom. The lowest BCUT2D eigenvalue weighted by atomic mass is 9.86. The van der Waals surface area contributed by atoms with Crippen molar-refractivity contribution in [2.75, 3.05) is 0 Å². The van der Waals surface area contributed by atoms with Crippen LogP contribution in [0.25, 0.3) is 10.9 Å². The molecule has 0 saturated heterocycles. The maximum atomic E-state index is 2.66. The molecule has 1 heterocycles. The largest absolute Gasteiger partial charge is 0.344 e. The molecule has 1 saturated carbocycles. The van der Waals surface area contributed by atoms with Gasteiger partial charge in [-0.1, -0.05) is 48.5 Å². The van der Waals surface area contributed by atoms with E-state index in [4.69, 9.17) is 0 Å². The summed E-state index contributed by atoms with van der Waals surface area (Å²) >= 11 is 0. The van der Waals surface area contributed by atoms with Crippen LogP contribution in [0.4, 0.5) is 0 Å². The highest BCUT2D eigenvalue weighted by Gasteiger charge is 2.36. The van der Waals surface area contributed by atoms with Gasteiger partial charge in [-0.25, -0.2) is 0 Å². The van der Waals surface area contributed by atoms with Crippen LogP contribution in [0.3, 0.4) is 0 Å². The average molecular weight is 301 g/mol. The van der Waals surface area contributed by atoms with Gasteiger partial charge in [0, 0.05) is 23.1 Å². The smallest absolute Gasteiger partial charge is 0.0485 e. The molecule has 2 atom stereocenters. The van der Waals surface area contributed by atoms with Crippen LogP contribution < -0.4 is 0 Å². The van der Waals surface area contributed by atoms with Gasteiger partial charge in [0.1, 0.15) is 0 Å². The minimum absolute atomic E-state index is 0.812. The second-order valence-corrected chi connectivity index (χ2v) is 7.35. The highest BCUT2D eigenvalue weighted by molar-refractivity contribution is 5.86. The van der Waals surface area contributed by atoms with Gasteiger partial charge in [-0.2, -0.15) is 0 Å². The molecule has 3 aromatic rings. The van der Waals surface area contributed by atoms with Gasteiger partial charge in [-0.15, -0.1) is 0 Å². The number of rotatable bonds is 3. The first-order valence-corrected chi connectivity index (χ1v) is 9.04. The van der Waals surface area contributed by atoms with Crippen LogP contribution in [0.15, 0.2) is 54.6 Å². The first-order valence-electron chi connectivity index (χ1n) is 9.04. The Labute approximate surface area is 137 Å². The molecule has 2 bridgehead atoms. The summed E-state index contributed by atoms with van der Waals surface area (Å²) in [5.41, 5.74) is 6.25. The highest BCUT2D eigenvalue weighted by Crippen LogP contribution is 2.49. The highest BCUT2D eigenvalue weighted by atomic mass is 15.0. The van der Waals surface area contributed by atoms with E-state index < -0.39 is 0 Å². The van der Waals surface area contributed by atoms with Gasteiger partial charge < -0.3 is 4.57 Å². The van der Waals surface area contributed by atoms with Crippen LogP contribution in [0.2, 0.25) is 0 Å². The van der Waals surface area contributed by atoms with Crippen molar-refractivity contribution in [3.05, 3.63) is 71.4 Å². The molecule has 1 nitrogen and oxygen atoms in total. The predicted molar refractivity (Wildman–Crippen MR) is 95.9 cm³/mol. The standard InChI is InChI=1S/C22H23N/c1-2-6-16(7-3-1)12-13-23-21-9-5-4-8-19(21)20-15-17-10-11-18(14-17)22(20)23/h1-9,17-18H,10-15H2. The quantitative estimate of drug-likeness (QED) is 0.616. The SMILES string of the molecule is c1ccc(CCn2c3c(c4ccccc42)CC2CCC3C2)cc1. The van der Waals surface area contributed by atoms with E-state index in [0.717, 1.165) is 24.8 Å². The third kappa shape index (κ3) is 2.14. The summed E-state index contributed by atoms with van der Waals surface area (Å²) in [7, 11) is 0. The second-order valence-electron chi connectivity index (χ2n) is 7.35. The first kappa shape index (κ1) is 13.4. The van der Waals surface area contributed by atoms with Crippen molar-refractivity contribution in [1.82, 2.24) is 4.57 Å². The third-order valence-electron chi connectivity index (χ3n) is 6.01. The Morgan fingerprint density at radius 2 is 1.74 bits per heavy atom. The van der Waals surface area contributed by atoms with Crippen molar-refractivity contribution in [2.45, 2.75) is 44.6 Å². The van der Waals surface area contributed by atoms with Crippen LogP contribution in [-0.2, 0) is 19.4 Å². The summed E-state index contributed by atoms with van der Waals surface area (Å²) in [5, 5.41) is 1.52. The van der Waals surface area contributed by atoms with Crippen LogP contribution in [0, 0.1) is 5.92 Å². The predicted octanol–water partition coefficient (Wildman–Crippen LogP) is 5.32. The van der Waals surface area contributed by atoms with Crippen LogP contribution in [0.1, 0.15) is 42.0 Å². The van der Waals surface area contributed by atoms with E-state index in [2.05, 4.69) is 59.2 Å². The molecule has 0 aliphatic heterocycles.